The van der Waals surface area contributed by atoms with Crippen LogP contribution in [-0.4, -0.2) is 23.4 Å². The molecular formula is C12H12N2S3. The average Bonchev–Trinajstić information content (AvgIpc) is 2.58. The lowest BCUT2D eigenvalue weighted by Crippen LogP contribution is -2.15. The summed E-state index contributed by atoms with van der Waals surface area (Å²) in [7, 11) is 4.05. The van der Waals surface area contributed by atoms with Gasteiger partial charge in [-0.2, -0.15) is 0 Å². The van der Waals surface area contributed by atoms with Crippen molar-refractivity contribution >= 4 is 57.3 Å². The van der Waals surface area contributed by atoms with Crippen molar-refractivity contribution in [1.29, 1.82) is 0 Å². The first-order chi connectivity index (χ1) is 8.06. The molecular weight excluding hydrogens is 268 g/mol. The average molecular weight is 280 g/mol. The maximum atomic E-state index is 5.19. The predicted molar refractivity (Wildman–Crippen MR) is 84.7 cm³/mol. The van der Waals surface area contributed by atoms with Crippen LogP contribution >= 0.6 is 36.2 Å². The lowest BCUT2D eigenvalue weighted by molar-refractivity contribution is 1.13. The standard InChI is InChI=1S/C12H12N2S3/c1-14(2)9-5-3-8(4-6-9)7-10-11(15)13-12(16)17-10/h3-7H,1-2H3,(H,13,15,16). The monoisotopic (exact) mass is 280 g/mol. The summed E-state index contributed by atoms with van der Waals surface area (Å²) in [4.78, 5) is 3.81. The summed E-state index contributed by atoms with van der Waals surface area (Å²) in [5.41, 5.74) is 2.31. The Bertz CT molecular complexity index is 489. The van der Waals surface area contributed by atoms with Crippen LogP contribution in [0, 0.1) is 0 Å². The second kappa shape index (κ2) is 5.16. The zero-order valence-electron chi connectivity index (χ0n) is 9.56. The number of rotatable bonds is 2. The summed E-state index contributed by atoms with van der Waals surface area (Å²) in [6.07, 6.45) is 2.05. The maximum absolute atomic E-state index is 5.19. The Balaban J connectivity index is 2.21. The van der Waals surface area contributed by atoms with E-state index in [9.17, 15) is 0 Å². The molecule has 0 aromatic heterocycles. The molecule has 1 fully saturated rings. The van der Waals surface area contributed by atoms with Crippen molar-refractivity contribution in [3.8, 4) is 0 Å². The number of thioether (sulfide) groups is 1. The van der Waals surface area contributed by atoms with E-state index in [4.69, 9.17) is 24.4 Å². The summed E-state index contributed by atoms with van der Waals surface area (Å²) < 4.78 is 0.728. The largest absolute Gasteiger partial charge is 0.378 e. The maximum Gasteiger partial charge on any atom is 0.143 e. The normalized spacial score (nSPS) is 17.4. The Morgan fingerprint density at radius 1 is 1.18 bits per heavy atom. The van der Waals surface area contributed by atoms with Crippen molar-refractivity contribution in [1.82, 2.24) is 5.32 Å². The van der Waals surface area contributed by atoms with Gasteiger partial charge >= 0.3 is 0 Å². The van der Waals surface area contributed by atoms with Crippen molar-refractivity contribution in [3.05, 3.63) is 34.7 Å². The van der Waals surface area contributed by atoms with Crippen LogP contribution in [0.2, 0.25) is 0 Å². The van der Waals surface area contributed by atoms with Crippen molar-refractivity contribution in [2.75, 3.05) is 19.0 Å². The smallest absolute Gasteiger partial charge is 0.143 e. The van der Waals surface area contributed by atoms with Gasteiger partial charge in [0.1, 0.15) is 9.31 Å². The topological polar surface area (TPSA) is 15.3 Å². The van der Waals surface area contributed by atoms with E-state index in [1.54, 1.807) is 0 Å². The molecule has 17 heavy (non-hydrogen) atoms. The highest BCUT2D eigenvalue weighted by molar-refractivity contribution is 8.27. The molecule has 1 aliphatic heterocycles. The molecule has 1 heterocycles. The highest BCUT2D eigenvalue weighted by Gasteiger charge is 2.18. The van der Waals surface area contributed by atoms with Crippen LogP contribution in [0.25, 0.3) is 6.08 Å². The van der Waals surface area contributed by atoms with Crippen molar-refractivity contribution in [2.45, 2.75) is 0 Å². The fraction of sp³-hybridized carbons (Fsp3) is 0.167. The van der Waals surface area contributed by atoms with Gasteiger partial charge in [-0.25, -0.2) is 0 Å². The van der Waals surface area contributed by atoms with Gasteiger partial charge < -0.3 is 10.2 Å². The Labute approximate surface area is 116 Å². The van der Waals surface area contributed by atoms with Gasteiger partial charge in [-0.05, 0) is 23.8 Å². The fourth-order valence-electron chi connectivity index (χ4n) is 1.44. The first-order valence-electron chi connectivity index (χ1n) is 5.08. The molecule has 1 aromatic carbocycles. The van der Waals surface area contributed by atoms with E-state index < -0.39 is 0 Å². The molecule has 0 atom stereocenters. The second-order valence-corrected chi connectivity index (χ2v) is 5.97. The van der Waals surface area contributed by atoms with Gasteiger partial charge in [-0.15, -0.1) is 0 Å². The van der Waals surface area contributed by atoms with Gasteiger partial charge in [0.2, 0.25) is 0 Å². The molecule has 1 aromatic rings. The van der Waals surface area contributed by atoms with E-state index >= 15 is 0 Å². The van der Waals surface area contributed by atoms with E-state index in [0.717, 1.165) is 19.8 Å². The number of benzene rings is 1. The molecule has 0 bridgehead atoms. The summed E-state index contributed by atoms with van der Waals surface area (Å²) in [6.45, 7) is 0. The van der Waals surface area contributed by atoms with Crippen molar-refractivity contribution in [2.24, 2.45) is 0 Å². The van der Waals surface area contributed by atoms with Crippen LogP contribution in [0.15, 0.2) is 29.2 Å². The summed E-state index contributed by atoms with van der Waals surface area (Å²) in [5.74, 6) is 0. The van der Waals surface area contributed by atoms with E-state index in [1.165, 1.54) is 17.4 Å². The summed E-state index contributed by atoms with van der Waals surface area (Å²) >= 11 is 11.8. The Hall–Kier alpha value is -0.910. The molecule has 1 saturated heterocycles. The molecule has 1 N–H and O–H groups in total. The third-order valence-corrected chi connectivity index (χ3v) is 3.98. The Kier molecular flexibility index (Phi) is 3.81. The third kappa shape index (κ3) is 3.06. The Morgan fingerprint density at radius 3 is 2.29 bits per heavy atom. The fourth-order valence-corrected chi connectivity index (χ4v) is 2.92. The summed E-state index contributed by atoms with van der Waals surface area (Å²) in [5, 5.41) is 2.97. The van der Waals surface area contributed by atoms with Crippen molar-refractivity contribution in [3.63, 3.8) is 0 Å². The summed E-state index contributed by atoms with van der Waals surface area (Å²) in [6, 6.07) is 8.32. The number of anilines is 1. The van der Waals surface area contributed by atoms with Crippen molar-refractivity contribution < 1.29 is 0 Å². The van der Waals surface area contributed by atoms with Crippen LogP contribution in [-0.2, 0) is 0 Å². The molecule has 0 aliphatic carbocycles. The number of nitrogens with zero attached hydrogens (tertiary/aromatic N) is 1. The molecule has 0 radical (unpaired) electrons. The lowest BCUT2D eigenvalue weighted by Gasteiger charge is -2.11. The van der Waals surface area contributed by atoms with E-state index in [0.29, 0.717) is 0 Å². The number of thiocarbonyl (C=S) groups is 2. The van der Waals surface area contributed by atoms with Crippen LogP contribution in [0.5, 0.6) is 0 Å². The molecule has 5 heteroatoms. The van der Waals surface area contributed by atoms with Gasteiger partial charge in [-0.3, -0.25) is 0 Å². The minimum atomic E-state index is 0.719. The third-order valence-electron chi connectivity index (χ3n) is 2.35. The number of hydrogen-bond acceptors (Lipinski definition) is 4. The molecule has 2 rings (SSSR count). The van der Waals surface area contributed by atoms with Gasteiger partial charge in [0.05, 0.1) is 0 Å². The highest BCUT2D eigenvalue weighted by atomic mass is 32.2. The molecule has 0 amide bonds. The molecule has 0 spiro atoms. The molecule has 1 aliphatic rings. The first-order valence-corrected chi connectivity index (χ1v) is 6.72. The van der Waals surface area contributed by atoms with Crippen LogP contribution in [0.3, 0.4) is 0 Å². The quantitative estimate of drug-likeness (QED) is 0.659. The van der Waals surface area contributed by atoms with E-state index in [1.807, 2.05) is 14.1 Å². The molecule has 2 nitrogen and oxygen atoms in total. The highest BCUT2D eigenvalue weighted by Crippen LogP contribution is 2.27. The molecule has 0 saturated carbocycles. The minimum absolute atomic E-state index is 0.719. The number of nitrogens with one attached hydrogen (secondary N) is 1. The lowest BCUT2D eigenvalue weighted by atomic mass is 10.2. The SMILES string of the molecule is CN(C)c1ccc(C=C2SC(=S)NC2=S)cc1. The zero-order valence-corrected chi connectivity index (χ0v) is 12.0. The van der Waals surface area contributed by atoms with Gasteiger partial charge in [0.15, 0.2) is 0 Å². The van der Waals surface area contributed by atoms with Crippen LogP contribution < -0.4 is 10.2 Å². The van der Waals surface area contributed by atoms with Crippen LogP contribution in [0.4, 0.5) is 5.69 Å². The second-order valence-electron chi connectivity index (χ2n) is 3.84. The number of hydrogen-bond donors (Lipinski definition) is 1. The van der Waals surface area contributed by atoms with Gasteiger partial charge in [-0.1, -0.05) is 48.3 Å². The Morgan fingerprint density at radius 2 is 1.82 bits per heavy atom. The van der Waals surface area contributed by atoms with Gasteiger partial charge in [0.25, 0.3) is 0 Å². The van der Waals surface area contributed by atoms with Crippen LogP contribution in [0.1, 0.15) is 5.56 Å². The zero-order chi connectivity index (χ0) is 12.4. The predicted octanol–water partition coefficient (Wildman–Crippen LogP) is 3.04. The molecule has 0 unspecified atom stereocenters. The minimum Gasteiger partial charge on any atom is -0.378 e. The molecule has 88 valence electrons. The van der Waals surface area contributed by atoms with E-state index in [2.05, 4.69) is 40.6 Å². The van der Waals surface area contributed by atoms with Gasteiger partial charge in [0, 0.05) is 24.7 Å². The first kappa shape index (κ1) is 12.5. The van der Waals surface area contributed by atoms with E-state index in [-0.39, 0.29) is 0 Å².